The van der Waals surface area contributed by atoms with Gasteiger partial charge in [-0.05, 0) is 55.5 Å². The Kier molecular flexibility index (Phi) is 8.84. The first-order chi connectivity index (χ1) is 9.52. The standard InChI is InChI=1S/C19H39N/c1-6-17-10-11-19(14-20-13-16(4)5)18(12-17)9-7-8-15(2)3/h15-20H,6-14H2,1-5H3. The lowest BCUT2D eigenvalue weighted by atomic mass is 9.71. The lowest BCUT2D eigenvalue weighted by molar-refractivity contribution is 0.158. The van der Waals surface area contributed by atoms with Crippen LogP contribution >= 0.6 is 0 Å². The van der Waals surface area contributed by atoms with Crippen molar-refractivity contribution >= 4 is 0 Å². The summed E-state index contributed by atoms with van der Waals surface area (Å²) < 4.78 is 0. The Balaban J connectivity index is 2.38. The fourth-order valence-corrected chi connectivity index (χ4v) is 3.76. The maximum Gasteiger partial charge on any atom is -0.00178 e. The highest BCUT2D eigenvalue weighted by atomic mass is 14.9. The molecule has 0 heterocycles. The van der Waals surface area contributed by atoms with Crippen LogP contribution in [0.25, 0.3) is 0 Å². The van der Waals surface area contributed by atoms with E-state index in [1.165, 1.54) is 58.0 Å². The molecule has 1 rings (SSSR count). The quantitative estimate of drug-likeness (QED) is 0.588. The molecule has 20 heavy (non-hydrogen) atoms. The molecular weight excluding hydrogens is 242 g/mol. The Hall–Kier alpha value is -0.0400. The molecular formula is C19H39N. The third kappa shape index (κ3) is 7.11. The Morgan fingerprint density at radius 3 is 2.35 bits per heavy atom. The highest BCUT2D eigenvalue weighted by Gasteiger charge is 2.29. The Morgan fingerprint density at radius 2 is 1.75 bits per heavy atom. The van der Waals surface area contributed by atoms with Gasteiger partial charge in [0.15, 0.2) is 0 Å². The first-order valence-corrected chi connectivity index (χ1v) is 9.23. The molecule has 1 heteroatoms. The molecule has 1 saturated carbocycles. The van der Waals surface area contributed by atoms with Gasteiger partial charge in [0.2, 0.25) is 0 Å². The monoisotopic (exact) mass is 281 g/mol. The Morgan fingerprint density at radius 1 is 1.00 bits per heavy atom. The molecule has 120 valence electrons. The summed E-state index contributed by atoms with van der Waals surface area (Å²) in [5, 5.41) is 3.72. The van der Waals surface area contributed by atoms with Crippen molar-refractivity contribution in [2.45, 2.75) is 79.6 Å². The van der Waals surface area contributed by atoms with E-state index in [0.717, 1.165) is 29.6 Å². The van der Waals surface area contributed by atoms with E-state index in [1.807, 2.05) is 0 Å². The van der Waals surface area contributed by atoms with Gasteiger partial charge in [-0.3, -0.25) is 0 Å². The molecule has 1 nitrogen and oxygen atoms in total. The molecule has 1 aliphatic carbocycles. The maximum atomic E-state index is 3.72. The van der Waals surface area contributed by atoms with E-state index in [-0.39, 0.29) is 0 Å². The summed E-state index contributed by atoms with van der Waals surface area (Å²) in [7, 11) is 0. The molecule has 1 aliphatic rings. The van der Waals surface area contributed by atoms with Crippen LogP contribution < -0.4 is 5.32 Å². The highest BCUT2D eigenvalue weighted by Crippen LogP contribution is 2.38. The lowest BCUT2D eigenvalue weighted by Gasteiger charge is -2.36. The van der Waals surface area contributed by atoms with E-state index in [1.54, 1.807) is 0 Å². The van der Waals surface area contributed by atoms with Gasteiger partial charge in [-0.2, -0.15) is 0 Å². The minimum Gasteiger partial charge on any atom is -0.316 e. The van der Waals surface area contributed by atoms with Gasteiger partial charge in [0, 0.05) is 0 Å². The van der Waals surface area contributed by atoms with Gasteiger partial charge in [-0.1, -0.05) is 66.7 Å². The summed E-state index contributed by atoms with van der Waals surface area (Å²) in [6.07, 6.45) is 10.2. The molecule has 0 saturated heterocycles. The van der Waals surface area contributed by atoms with Crippen LogP contribution in [0.4, 0.5) is 0 Å². The molecule has 3 atom stereocenters. The topological polar surface area (TPSA) is 12.0 Å². The SMILES string of the molecule is CCC1CCC(CNCC(C)C)C(CCCC(C)C)C1. The highest BCUT2D eigenvalue weighted by molar-refractivity contribution is 4.81. The number of hydrogen-bond acceptors (Lipinski definition) is 1. The van der Waals surface area contributed by atoms with Crippen LogP contribution in [-0.2, 0) is 0 Å². The Labute approximate surface area is 128 Å². The van der Waals surface area contributed by atoms with Crippen molar-refractivity contribution in [2.24, 2.45) is 29.6 Å². The van der Waals surface area contributed by atoms with Gasteiger partial charge in [-0.25, -0.2) is 0 Å². The number of rotatable bonds is 9. The maximum absolute atomic E-state index is 3.72. The zero-order valence-electron chi connectivity index (χ0n) is 14.8. The average Bonchev–Trinajstić information content (AvgIpc) is 2.39. The largest absolute Gasteiger partial charge is 0.316 e. The van der Waals surface area contributed by atoms with E-state index in [2.05, 4.69) is 39.9 Å². The molecule has 0 bridgehead atoms. The minimum atomic E-state index is 0.779. The fourth-order valence-electron chi connectivity index (χ4n) is 3.76. The predicted molar refractivity (Wildman–Crippen MR) is 91.0 cm³/mol. The number of hydrogen-bond donors (Lipinski definition) is 1. The van der Waals surface area contributed by atoms with Crippen molar-refractivity contribution in [3.05, 3.63) is 0 Å². The second kappa shape index (κ2) is 9.82. The first-order valence-electron chi connectivity index (χ1n) is 9.23. The molecule has 3 unspecified atom stereocenters. The van der Waals surface area contributed by atoms with Crippen LogP contribution in [-0.4, -0.2) is 13.1 Å². The van der Waals surface area contributed by atoms with Crippen molar-refractivity contribution in [1.82, 2.24) is 5.32 Å². The molecule has 0 aromatic carbocycles. The third-order valence-electron chi connectivity index (χ3n) is 5.14. The van der Waals surface area contributed by atoms with E-state index in [9.17, 15) is 0 Å². The summed E-state index contributed by atoms with van der Waals surface area (Å²) in [4.78, 5) is 0. The van der Waals surface area contributed by atoms with Crippen LogP contribution in [0.3, 0.4) is 0 Å². The normalized spacial score (nSPS) is 27.4. The van der Waals surface area contributed by atoms with E-state index < -0.39 is 0 Å². The van der Waals surface area contributed by atoms with Gasteiger partial charge < -0.3 is 5.32 Å². The second-order valence-electron chi connectivity index (χ2n) is 7.98. The molecule has 1 fully saturated rings. The molecule has 0 aliphatic heterocycles. The predicted octanol–water partition coefficient (Wildman–Crippen LogP) is 5.50. The summed E-state index contributed by atoms with van der Waals surface area (Å²) in [6, 6.07) is 0. The third-order valence-corrected chi connectivity index (χ3v) is 5.14. The second-order valence-corrected chi connectivity index (χ2v) is 7.98. The van der Waals surface area contributed by atoms with Gasteiger partial charge in [0.1, 0.15) is 0 Å². The van der Waals surface area contributed by atoms with Crippen molar-refractivity contribution in [1.29, 1.82) is 0 Å². The number of nitrogens with one attached hydrogen (secondary N) is 1. The van der Waals surface area contributed by atoms with Crippen molar-refractivity contribution in [3.63, 3.8) is 0 Å². The summed E-state index contributed by atoms with van der Waals surface area (Å²) in [5.74, 6) is 4.61. The zero-order valence-corrected chi connectivity index (χ0v) is 14.8. The molecule has 0 aromatic rings. The smallest absolute Gasteiger partial charge is 0.00178 e. The molecule has 0 spiro atoms. The van der Waals surface area contributed by atoms with E-state index in [4.69, 9.17) is 0 Å². The summed E-state index contributed by atoms with van der Waals surface area (Å²) in [5.41, 5.74) is 0. The minimum absolute atomic E-state index is 0.779. The van der Waals surface area contributed by atoms with Gasteiger partial charge in [-0.15, -0.1) is 0 Å². The van der Waals surface area contributed by atoms with Crippen molar-refractivity contribution in [3.8, 4) is 0 Å². The van der Waals surface area contributed by atoms with Crippen LogP contribution in [0.5, 0.6) is 0 Å². The van der Waals surface area contributed by atoms with Gasteiger partial charge in [0.05, 0.1) is 0 Å². The molecule has 0 amide bonds. The molecule has 0 radical (unpaired) electrons. The van der Waals surface area contributed by atoms with Crippen LogP contribution in [0, 0.1) is 29.6 Å². The van der Waals surface area contributed by atoms with Crippen LogP contribution in [0.15, 0.2) is 0 Å². The first kappa shape index (κ1) is 18.0. The van der Waals surface area contributed by atoms with Crippen LogP contribution in [0.2, 0.25) is 0 Å². The van der Waals surface area contributed by atoms with Crippen LogP contribution in [0.1, 0.15) is 79.6 Å². The van der Waals surface area contributed by atoms with E-state index >= 15 is 0 Å². The summed E-state index contributed by atoms with van der Waals surface area (Å²) >= 11 is 0. The fraction of sp³-hybridized carbons (Fsp3) is 1.00. The average molecular weight is 282 g/mol. The lowest BCUT2D eigenvalue weighted by Crippen LogP contribution is -2.34. The molecule has 1 N–H and O–H groups in total. The van der Waals surface area contributed by atoms with Gasteiger partial charge in [0.25, 0.3) is 0 Å². The summed E-state index contributed by atoms with van der Waals surface area (Å²) in [6.45, 7) is 14.2. The van der Waals surface area contributed by atoms with E-state index in [0.29, 0.717) is 0 Å². The zero-order chi connectivity index (χ0) is 15.0. The molecule has 0 aromatic heterocycles. The Bertz CT molecular complexity index is 234. The van der Waals surface area contributed by atoms with Gasteiger partial charge >= 0.3 is 0 Å². The van der Waals surface area contributed by atoms with Crippen molar-refractivity contribution in [2.75, 3.05) is 13.1 Å². The van der Waals surface area contributed by atoms with Crippen molar-refractivity contribution < 1.29 is 0 Å².